The first-order valence-corrected chi connectivity index (χ1v) is 6.77. The molecule has 0 aliphatic rings. The van der Waals surface area contributed by atoms with Crippen molar-refractivity contribution in [2.24, 2.45) is 0 Å². The number of fused-ring (bicyclic) bond motifs is 1. The van der Waals surface area contributed by atoms with Gasteiger partial charge in [0.25, 0.3) is 0 Å². The summed E-state index contributed by atoms with van der Waals surface area (Å²) in [6.45, 7) is 0.725. The third-order valence-corrected chi connectivity index (χ3v) is 3.78. The lowest BCUT2D eigenvalue weighted by Crippen LogP contribution is -2.00. The number of methoxy groups -OCH3 is 1. The number of nitrogens with zero attached hydrogens (tertiary/aromatic N) is 2. The van der Waals surface area contributed by atoms with Crippen LogP contribution in [0.25, 0.3) is 11.2 Å². The average molecular weight is 277 g/mol. The normalized spacial score (nSPS) is 10.9. The van der Waals surface area contributed by atoms with Crippen LogP contribution < -0.4 is 4.74 Å². The van der Waals surface area contributed by atoms with Gasteiger partial charge in [0.2, 0.25) is 5.88 Å². The summed E-state index contributed by atoms with van der Waals surface area (Å²) in [7, 11) is 1.61. The maximum atomic E-state index is 5.34. The van der Waals surface area contributed by atoms with Crippen molar-refractivity contribution in [3.63, 3.8) is 0 Å². The molecule has 3 aromatic heterocycles. The van der Waals surface area contributed by atoms with Crippen molar-refractivity contribution in [1.82, 2.24) is 14.5 Å². The number of pyridine rings is 1. The van der Waals surface area contributed by atoms with Crippen molar-refractivity contribution in [1.29, 1.82) is 0 Å². The molecule has 18 heavy (non-hydrogen) atoms. The van der Waals surface area contributed by atoms with Gasteiger partial charge in [0.15, 0.2) is 10.4 Å². The number of rotatable bonds is 3. The zero-order chi connectivity index (χ0) is 12.5. The first-order chi connectivity index (χ1) is 8.78. The lowest BCUT2D eigenvalue weighted by atomic mass is 10.3. The zero-order valence-corrected chi connectivity index (χ0v) is 11.3. The van der Waals surface area contributed by atoms with E-state index in [-0.39, 0.29) is 0 Å². The van der Waals surface area contributed by atoms with E-state index >= 15 is 0 Å². The third kappa shape index (κ3) is 1.93. The molecule has 3 heterocycles. The highest BCUT2D eigenvalue weighted by Crippen LogP contribution is 2.18. The molecule has 0 atom stereocenters. The van der Waals surface area contributed by atoms with E-state index in [1.807, 2.05) is 16.7 Å². The Balaban J connectivity index is 2.14. The van der Waals surface area contributed by atoms with Gasteiger partial charge in [-0.2, -0.15) is 16.3 Å². The summed E-state index contributed by atoms with van der Waals surface area (Å²) in [6.07, 6.45) is 0. The molecule has 0 aliphatic carbocycles. The summed E-state index contributed by atoms with van der Waals surface area (Å²) >= 11 is 7.01. The van der Waals surface area contributed by atoms with E-state index in [4.69, 9.17) is 17.0 Å². The summed E-state index contributed by atoms with van der Waals surface area (Å²) in [5.74, 6) is 0.593. The van der Waals surface area contributed by atoms with Crippen molar-refractivity contribution in [3.05, 3.63) is 39.3 Å². The van der Waals surface area contributed by atoms with E-state index in [2.05, 4.69) is 26.8 Å². The molecule has 0 fully saturated rings. The number of aromatic nitrogens is 3. The van der Waals surface area contributed by atoms with E-state index < -0.39 is 0 Å². The van der Waals surface area contributed by atoms with Crippen LogP contribution in [0.2, 0.25) is 0 Å². The van der Waals surface area contributed by atoms with Crippen LogP contribution in [0, 0.1) is 4.77 Å². The molecule has 0 saturated carbocycles. The fourth-order valence-electron chi connectivity index (χ4n) is 1.84. The van der Waals surface area contributed by atoms with Gasteiger partial charge >= 0.3 is 0 Å². The zero-order valence-electron chi connectivity index (χ0n) is 9.71. The first kappa shape index (κ1) is 11.4. The molecule has 3 aromatic rings. The number of ether oxygens (including phenoxy) is 1. The van der Waals surface area contributed by atoms with Gasteiger partial charge in [-0.05, 0) is 40.7 Å². The molecule has 0 bridgehead atoms. The van der Waals surface area contributed by atoms with Crippen LogP contribution in [0.4, 0.5) is 0 Å². The summed E-state index contributed by atoms with van der Waals surface area (Å²) in [6, 6.07) is 5.84. The van der Waals surface area contributed by atoms with Gasteiger partial charge in [-0.3, -0.25) is 4.57 Å². The van der Waals surface area contributed by atoms with E-state index in [0.29, 0.717) is 10.7 Å². The second kappa shape index (κ2) is 4.55. The fraction of sp³-hybridized carbons (Fsp3) is 0.167. The Hall–Kier alpha value is -1.66. The lowest BCUT2D eigenvalue weighted by molar-refractivity contribution is 0.399. The van der Waals surface area contributed by atoms with Crippen LogP contribution in [-0.2, 0) is 6.54 Å². The maximum Gasteiger partial charge on any atom is 0.215 e. The third-order valence-electron chi connectivity index (χ3n) is 2.72. The quantitative estimate of drug-likeness (QED) is 0.748. The van der Waals surface area contributed by atoms with E-state index in [1.54, 1.807) is 18.4 Å². The van der Waals surface area contributed by atoms with Gasteiger partial charge in [-0.15, -0.1) is 0 Å². The molecule has 92 valence electrons. The van der Waals surface area contributed by atoms with Gasteiger partial charge in [-0.25, -0.2) is 0 Å². The van der Waals surface area contributed by atoms with Gasteiger partial charge in [0.1, 0.15) is 0 Å². The Morgan fingerprint density at radius 2 is 2.33 bits per heavy atom. The highest BCUT2D eigenvalue weighted by molar-refractivity contribution is 7.71. The minimum Gasteiger partial charge on any atom is -0.481 e. The minimum absolute atomic E-state index is 0.593. The molecule has 0 aliphatic heterocycles. The van der Waals surface area contributed by atoms with Crippen LogP contribution in [0.1, 0.15) is 5.56 Å². The highest BCUT2D eigenvalue weighted by atomic mass is 32.1. The van der Waals surface area contributed by atoms with E-state index in [9.17, 15) is 0 Å². The van der Waals surface area contributed by atoms with Crippen molar-refractivity contribution >= 4 is 34.7 Å². The Bertz CT molecular complexity index is 727. The highest BCUT2D eigenvalue weighted by Gasteiger charge is 2.08. The molecule has 6 heteroatoms. The molecular formula is C12H11N3OS2. The first-order valence-electron chi connectivity index (χ1n) is 5.42. The van der Waals surface area contributed by atoms with Crippen LogP contribution in [-0.4, -0.2) is 21.6 Å². The lowest BCUT2D eigenvalue weighted by Gasteiger charge is -2.03. The average Bonchev–Trinajstić information content (AvgIpc) is 2.99. The van der Waals surface area contributed by atoms with Crippen molar-refractivity contribution in [3.8, 4) is 5.88 Å². The Labute approximate surface area is 113 Å². The Kier molecular flexibility index (Phi) is 2.89. The molecule has 0 radical (unpaired) electrons. The standard InChI is InChI=1S/C12H11N3OS2/c1-16-10-3-2-9-11(14-10)15(12(17)13-9)6-8-4-5-18-7-8/h2-5,7H,6H2,1H3,(H,13,17). The number of hydrogen-bond acceptors (Lipinski definition) is 4. The SMILES string of the molecule is COc1ccc2[nH]c(=S)n(Cc3ccsc3)c2n1. The molecule has 0 spiro atoms. The second-order valence-corrected chi connectivity index (χ2v) is 5.04. The molecule has 1 N–H and O–H groups in total. The predicted octanol–water partition coefficient (Wildman–Crippen LogP) is 3.21. The smallest absolute Gasteiger partial charge is 0.215 e. The van der Waals surface area contributed by atoms with E-state index in [0.717, 1.165) is 17.7 Å². The largest absolute Gasteiger partial charge is 0.481 e. The molecule has 0 unspecified atom stereocenters. The van der Waals surface area contributed by atoms with Crippen molar-refractivity contribution in [2.45, 2.75) is 6.54 Å². The van der Waals surface area contributed by atoms with Crippen LogP contribution >= 0.6 is 23.6 Å². The van der Waals surface area contributed by atoms with Crippen LogP contribution in [0.5, 0.6) is 5.88 Å². The van der Waals surface area contributed by atoms with Gasteiger partial charge in [0.05, 0.1) is 19.2 Å². The molecule has 3 rings (SSSR count). The summed E-state index contributed by atoms with van der Waals surface area (Å²) in [5.41, 5.74) is 2.98. The van der Waals surface area contributed by atoms with Crippen LogP contribution in [0.3, 0.4) is 0 Å². The number of nitrogens with one attached hydrogen (secondary N) is 1. The van der Waals surface area contributed by atoms with E-state index in [1.165, 1.54) is 5.56 Å². The van der Waals surface area contributed by atoms with Crippen molar-refractivity contribution < 1.29 is 4.74 Å². The number of H-pyrrole nitrogens is 1. The molecule has 0 amide bonds. The van der Waals surface area contributed by atoms with Gasteiger partial charge < -0.3 is 9.72 Å². The Morgan fingerprint density at radius 1 is 1.44 bits per heavy atom. The van der Waals surface area contributed by atoms with Crippen molar-refractivity contribution in [2.75, 3.05) is 7.11 Å². The summed E-state index contributed by atoms with van der Waals surface area (Å²) in [4.78, 5) is 7.60. The maximum absolute atomic E-state index is 5.34. The van der Waals surface area contributed by atoms with Gasteiger partial charge in [-0.1, -0.05) is 0 Å². The van der Waals surface area contributed by atoms with Gasteiger partial charge in [0, 0.05) is 6.07 Å². The number of imidazole rings is 1. The second-order valence-electron chi connectivity index (χ2n) is 3.87. The molecule has 0 aromatic carbocycles. The fourth-order valence-corrected chi connectivity index (χ4v) is 2.76. The minimum atomic E-state index is 0.593. The predicted molar refractivity (Wildman–Crippen MR) is 74.9 cm³/mol. The van der Waals surface area contributed by atoms with Crippen LogP contribution in [0.15, 0.2) is 29.0 Å². The number of aromatic amines is 1. The molecular weight excluding hydrogens is 266 g/mol. The monoisotopic (exact) mass is 277 g/mol. The topological polar surface area (TPSA) is 42.8 Å². The molecule has 4 nitrogen and oxygen atoms in total. The molecule has 0 saturated heterocycles. The Morgan fingerprint density at radius 3 is 3.06 bits per heavy atom. The number of hydrogen-bond donors (Lipinski definition) is 1. The number of thiophene rings is 1. The summed E-state index contributed by atoms with van der Waals surface area (Å²) < 4.78 is 7.81. The summed E-state index contributed by atoms with van der Waals surface area (Å²) in [5, 5.41) is 4.17.